The van der Waals surface area contributed by atoms with E-state index in [1.807, 2.05) is 24.3 Å². The van der Waals surface area contributed by atoms with Crippen LogP contribution in [0.1, 0.15) is 35.8 Å². The fourth-order valence-electron chi connectivity index (χ4n) is 2.73. The minimum absolute atomic E-state index is 0.0129. The third-order valence-electron chi connectivity index (χ3n) is 4.04. The molecule has 0 fully saturated rings. The van der Waals surface area contributed by atoms with Crippen molar-refractivity contribution in [2.75, 3.05) is 19.6 Å². The maximum atomic E-state index is 12.4. The molecule has 2 aromatic rings. The summed E-state index contributed by atoms with van der Waals surface area (Å²) in [5, 5.41) is 3.70. The number of amides is 1. The number of hydrogen-bond donors (Lipinski definition) is 2. The number of halogens is 1. The molecule has 2 rings (SSSR count). The zero-order valence-electron chi connectivity index (χ0n) is 13.9. The molecule has 2 N–H and O–H groups in total. The smallest absolute Gasteiger partial charge is 0.254 e. The Bertz CT molecular complexity index is 743. The van der Waals surface area contributed by atoms with Crippen molar-refractivity contribution in [3.05, 3.63) is 63.4 Å². The van der Waals surface area contributed by atoms with Crippen molar-refractivity contribution in [3.63, 3.8) is 0 Å². The van der Waals surface area contributed by atoms with Gasteiger partial charge in [0.15, 0.2) is 0 Å². The van der Waals surface area contributed by atoms with Crippen molar-refractivity contribution in [1.29, 1.82) is 0 Å². The number of nitrogens with zero attached hydrogens (tertiary/aromatic N) is 1. The number of nitrogens with one attached hydrogen (secondary N) is 2. The van der Waals surface area contributed by atoms with E-state index in [9.17, 15) is 4.79 Å². The first-order valence-corrected chi connectivity index (χ1v) is 8.81. The molecule has 128 valence electrons. The summed E-state index contributed by atoms with van der Waals surface area (Å²) in [6.07, 6.45) is 1.71. The molecule has 0 aliphatic rings. The molecule has 1 heterocycles. The second-order valence-electron chi connectivity index (χ2n) is 5.38. The van der Waals surface area contributed by atoms with E-state index in [0.29, 0.717) is 21.8 Å². The molecule has 1 amide bonds. The van der Waals surface area contributed by atoms with Gasteiger partial charge >= 0.3 is 0 Å². The summed E-state index contributed by atoms with van der Waals surface area (Å²) in [7, 11) is 0. The quantitative estimate of drug-likeness (QED) is 0.724. The second kappa shape index (κ2) is 8.97. The Labute approximate surface area is 152 Å². The number of likely N-dealkylation sites (N-methyl/N-ethyl adjacent to an activating group) is 1. The van der Waals surface area contributed by atoms with Gasteiger partial charge in [-0.15, -0.1) is 0 Å². The maximum absolute atomic E-state index is 12.4. The normalized spacial score (nSPS) is 12.2. The van der Waals surface area contributed by atoms with Crippen molar-refractivity contribution >= 4 is 29.7 Å². The SMILES string of the molecule is CCN(CC)[C@@H](CNC(=O)c1ccc[nH]c1=S)c1ccccc1Cl. The number of carbonyl (C=O) groups excluding carboxylic acids is 1. The summed E-state index contributed by atoms with van der Waals surface area (Å²) >= 11 is 11.5. The number of rotatable bonds is 7. The average Bonchev–Trinajstić information content (AvgIpc) is 2.59. The first-order valence-electron chi connectivity index (χ1n) is 8.02. The van der Waals surface area contributed by atoms with E-state index >= 15 is 0 Å². The predicted molar refractivity (Wildman–Crippen MR) is 101 cm³/mol. The molecule has 24 heavy (non-hydrogen) atoms. The lowest BCUT2D eigenvalue weighted by atomic mass is 10.0. The summed E-state index contributed by atoms with van der Waals surface area (Å²) in [4.78, 5) is 17.6. The van der Waals surface area contributed by atoms with Crippen LogP contribution < -0.4 is 5.32 Å². The summed E-state index contributed by atoms with van der Waals surface area (Å²) in [5.41, 5.74) is 1.49. The van der Waals surface area contributed by atoms with Crippen molar-refractivity contribution in [3.8, 4) is 0 Å². The van der Waals surface area contributed by atoms with Gasteiger partial charge < -0.3 is 10.3 Å². The minimum Gasteiger partial charge on any atom is -0.352 e. The maximum Gasteiger partial charge on any atom is 0.254 e. The number of aromatic amines is 1. The van der Waals surface area contributed by atoms with Gasteiger partial charge in [0.25, 0.3) is 5.91 Å². The van der Waals surface area contributed by atoms with E-state index in [-0.39, 0.29) is 11.9 Å². The Hall–Kier alpha value is -1.69. The molecule has 1 atom stereocenters. The number of benzene rings is 1. The van der Waals surface area contributed by atoms with Gasteiger partial charge in [0, 0.05) is 17.8 Å². The lowest BCUT2D eigenvalue weighted by molar-refractivity contribution is 0.0934. The van der Waals surface area contributed by atoms with Crippen molar-refractivity contribution in [2.24, 2.45) is 0 Å². The van der Waals surface area contributed by atoms with Gasteiger partial charge in [-0.05, 0) is 36.9 Å². The highest BCUT2D eigenvalue weighted by molar-refractivity contribution is 7.71. The second-order valence-corrected chi connectivity index (χ2v) is 6.20. The Morgan fingerprint density at radius 1 is 1.25 bits per heavy atom. The monoisotopic (exact) mass is 363 g/mol. The number of hydrogen-bond acceptors (Lipinski definition) is 3. The molecular formula is C18H22ClN3OS. The van der Waals surface area contributed by atoms with Gasteiger partial charge in [0.2, 0.25) is 0 Å². The minimum atomic E-state index is -0.180. The van der Waals surface area contributed by atoms with Gasteiger partial charge in [0.05, 0.1) is 11.6 Å². The Kier molecular flexibility index (Phi) is 6.97. The Morgan fingerprint density at radius 2 is 1.96 bits per heavy atom. The fourth-order valence-corrected chi connectivity index (χ4v) is 3.22. The summed E-state index contributed by atoms with van der Waals surface area (Å²) < 4.78 is 0.437. The molecule has 0 saturated heterocycles. The number of aromatic nitrogens is 1. The molecule has 0 saturated carbocycles. The van der Waals surface area contributed by atoms with Crippen LogP contribution in [-0.4, -0.2) is 35.4 Å². The Morgan fingerprint density at radius 3 is 2.58 bits per heavy atom. The molecule has 4 nitrogen and oxygen atoms in total. The summed E-state index contributed by atoms with van der Waals surface area (Å²) in [6, 6.07) is 11.3. The molecule has 0 aliphatic heterocycles. The van der Waals surface area contributed by atoms with Crippen LogP contribution in [0.3, 0.4) is 0 Å². The van der Waals surface area contributed by atoms with Crippen LogP contribution in [0, 0.1) is 4.64 Å². The molecule has 1 aromatic heterocycles. The van der Waals surface area contributed by atoms with E-state index in [2.05, 4.69) is 29.0 Å². The van der Waals surface area contributed by atoms with Crippen LogP contribution >= 0.6 is 23.8 Å². The standard InChI is InChI=1S/C18H22ClN3OS/c1-3-22(4-2)16(13-8-5-6-10-15(13)19)12-21-17(23)14-9-7-11-20-18(14)24/h5-11,16H,3-4,12H2,1-2H3,(H,20,24)(H,21,23)/t16-/m0/s1. The van der Waals surface area contributed by atoms with Gasteiger partial charge in [-0.25, -0.2) is 0 Å². The van der Waals surface area contributed by atoms with Crippen LogP contribution in [-0.2, 0) is 0 Å². The van der Waals surface area contributed by atoms with Gasteiger partial charge in [-0.3, -0.25) is 9.69 Å². The zero-order chi connectivity index (χ0) is 17.5. The van der Waals surface area contributed by atoms with Crippen LogP contribution in [0.25, 0.3) is 0 Å². The first kappa shape index (κ1) is 18.6. The molecular weight excluding hydrogens is 342 g/mol. The molecule has 1 aromatic carbocycles. The number of pyridine rings is 1. The average molecular weight is 364 g/mol. The number of H-pyrrole nitrogens is 1. The van der Waals surface area contributed by atoms with E-state index < -0.39 is 0 Å². The zero-order valence-corrected chi connectivity index (χ0v) is 15.5. The summed E-state index contributed by atoms with van der Waals surface area (Å²) in [6.45, 7) is 6.40. The lowest BCUT2D eigenvalue weighted by Crippen LogP contribution is -2.38. The number of carbonyl (C=O) groups is 1. The third-order valence-corrected chi connectivity index (χ3v) is 4.72. The molecule has 0 aliphatic carbocycles. The summed E-state index contributed by atoms with van der Waals surface area (Å²) in [5.74, 6) is -0.180. The highest BCUT2D eigenvalue weighted by Gasteiger charge is 2.21. The lowest BCUT2D eigenvalue weighted by Gasteiger charge is -2.30. The van der Waals surface area contributed by atoms with Crippen molar-refractivity contribution in [2.45, 2.75) is 19.9 Å². The molecule has 0 spiro atoms. The van der Waals surface area contributed by atoms with Crippen LogP contribution in [0.4, 0.5) is 0 Å². The molecule has 0 bridgehead atoms. The van der Waals surface area contributed by atoms with E-state index in [0.717, 1.165) is 18.7 Å². The largest absolute Gasteiger partial charge is 0.352 e. The van der Waals surface area contributed by atoms with E-state index in [4.69, 9.17) is 23.8 Å². The predicted octanol–water partition coefficient (Wildman–Crippen LogP) is 4.21. The molecule has 0 radical (unpaired) electrons. The van der Waals surface area contributed by atoms with Crippen molar-refractivity contribution < 1.29 is 4.79 Å². The van der Waals surface area contributed by atoms with Crippen molar-refractivity contribution in [1.82, 2.24) is 15.2 Å². The van der Waals surface area contributed by atoms with Gasteiger partial charge in [-0.1, -0.05) is 55.9 Å². The topological polar surface area (TPSA) is 48.1 Å². The van der Waals surface area contributed by atoms with E-state index in [1.54, 1.807) is 18.3 Å². The third kappa shape index (κ3) is 4.44. The van der Waals surface area contributed by atoms with E-state index in [1.165, 1.54) is 0 Å². The van der Waals surface area contributed by atoms with Crippen LogP contribution in [0.5, 0.6) is 0 Å². The fraction of sp³-hybridized carbons (Fsp3) is 0.333. The molecule has 6 heteroatoms. The van der Waals surface area contributed by atoms with Crippen LogP contribution in [0.15, 0.2) is 42.6 Å². The van der Waals surface area contributed by atoms with Crippen LogP contribution in [0.2, 0.25) is 5.02 Å². The Balaban J connectivity index is 2.20. The highest BCUT2D eigenvalue weighted by atomic mass is 35.5. The van der Waals surface area contributed by atoms with Gasteiger partial charge in [0.1, 0.15) is 4.64 Å². The molecule has 0 unspecified atom stereocenters. The highest BCUT2D eigenvalue weighted by Crippen LogP contribution is 2.27. The first-order chi connectivity index (χ1) is 11.6. The van der Waals surface area contributed by atoms with Gasteiger partial charge in [-0.2, -0.15) is 0 Å².